The lowest BCUT2D eigenvalue weighted by Crippen LogP contribution is -2.48. The van der Waals surface area contributed by atoms with Crippen molar-refractivity contribution < 1.29 is 36.6 Å². The van der Waals surface area contributed by atoms with Crippen molar-refractivity contribution in [2.45, 2.75) is 24.2 Å². The molecule has 5 N–H and O–H groups in total. The van der Waals surface area contributed by atoms with E-state index in [1.54, 1.807) is 0 Å². The van der Waals surface area contributed by atoms with Crippen molar-refractivity contribution in [1.29, 1.82) is 0 Å². The maximum atomic E-state index is 14.2. The lowest BCUT2D eigenvalue weighted by molar-refractivity contribution is -0.258. The lowest BCUT2D eigenvalue weighted by Gasteiger charge is -2.35. The maximum absolute atomic E-state index is 14.2. The zero-order valence-electron chi connectivity index (χ0n) is 20.2. The van der Waals surface area contributed by atoms with Gasteiger partial charge in [0.15, 0.2) is 0 Å². The molecule has 40 heavy (non-hydrogen) atoms. The molecule has 6 rings (SSSR count). The number of nitrogens with one attached hydrogen (secondary N) is 2. The van der Waals surface area contributed by atoms with Crippen LogP contribution >= 0.6 is 11.6 Å². The number of rotatable bonds is 2. The van der Waals surface area contributed by atoms with Gasteiger partial charge in [-0.2, -0.15) is 13.2 Å². The first-order valence-corrected chi connectivity index (χ1v) is 12.3. The number of anilines is 4. The standard InChI is InChI=1S/C26H19ClF5N5O3/c27-16-3-1-11(28)7-14(16)21-20-18(9-17(33)13-5-6-36(22(13)20)24(39)35-21)34-23(38)37-10-25(40,26(30,31)32)15-8-12(29)2-4-19(15)37/h1-4,7-9,21,40H,5-6,10,33H2,(H,34,38)(H,35,39). The van der Waals surface area contributed by atoms with Crippen LogP contribution in [0, 0.1) is 11.6 Å². The molecule has 3 aliphatic heterocycles. The number of alkyl halides is 3. The summed E-state index contributed by atoms with van der Waals surface area (Å²) in [5, 5.41) is 16.0. The van der Waals surface area contributed by atoms with Crippen LogP contribution in [-0.4, -0.2) is 36.4 Å². The van der Waals surface area contributed by atoms with Gasteiger partial charge in [-0.3, -0.25) is 9.80 Å². The molecule has 0 bridgehead atoms. The van der Waals surface area contributed by atoms with Gasteiger partial charge in [-0.15, -0.1) is 0 Å². The highest BCUT2D eigenvalue weighted by atomic mass is 35.5. The number of amides is 4. The molecular weight excluding hydrogens is 561 g/mol. The number of nitrogens with zero attached hydrogens (tertiary/aromatic N) is 2. The number of nitrogens with two attached hydrogens (primary N) is 1. The van der Waals surface area contributed by atoms with Gasteiger partial charge in [0.25, 0.3) is 0 Å². The van der Waals surface area contributed by atoms with Crippen LogP contribution in [-0.2, 0) is 12.0 Å². The predicted molar refractivity (Wildman–Crippen MR) is 136 cm³/mol. The van der Waals surface area contributed by atoms with E-state index in [0.717, 1.165) is 24.3 Å². The minimum Gasteiger partial charge on any atom is -0.398 e. The summed E-state index contributed by atoms with van der Waals surface area (Å²) in [5.41, 5.74) is 3.26. The number of carbonyl (C=O) groups is 2. The fourth-order valence-corrected chi connectivity index (χ4v) is 5.80. The third kappa shape index (κ3) is 3.75. The number of benzene rings is 3. The van der Waals surface area contributed by atoms with Crippen molar-refractivity contribution in [2.24, 2.45) is 0 Å². The number of carbonyl (C=O) groups excluding carboxylic acids is 2. The van der Waals surface area contributed by atoms with Gasteiger partial charge in [0.2, 0.25) is 5.60 Å². The Labute approximate surface area is 228 Å². The number of nitrogen functional groups attached to an aromatic ring is 1. The molecule has 14 heteroatoms. The summed E-state index contributed by atoms with van der Waals surface area (Å²) in [6.07, 6.45) is -4.83. The Balaban J connectivity index is 1.47. The van der Waals surface area contributed by atoms with Crippen LogP contribution in [0.15, 0.2) is 42.5 Å². The third-order valence-corrected chi connectivity index (χ3v) is 7.79. The summed E-state index contributed by atoms with van der Waals surface area (Å²) in [7, 11) is 0. The van der Waals surface area contributed by atoms with E-state index < -0.39 is 53.6 Å². The van der Waals surface area contributed by atoms with Crippen LogP contribution in [0.5, 0.6) is 0 Å². The molecule has 8 nitrogen and oxygen atoms in total. The van der Waals surface area contributed by atoms with Gasteiger partial charge in [-0.25, -0.2) is 18.4 Å². The lowest BCUT2D eigenvalue weighted by atomic mass is 9.91. The minimum atomic E-state index is -5.22. The Bertz CT molecular complexity index is 1620. The average molecular weight is 580 g/mol. The summed E-state index contributed by atoms with van der Waals surface area (Å²) >= 11 is 6.35. The van der Waals surface area contributed by atoms with Crippen LogP contribution in [0.3, 0.4) is 0 Å². The third-order valence-electron chi connectivity index (χ3n) is 7.44. The van der Waals surface area contributed by atoms with E-state index in [2.05, 4.69) is 10.6 Å². The molecule has 2 atom stereocenters. The van der Waals surface area contributed by atoms with Crippen LogP contribution in [0.4, 0.5) is 54.3 Å². The number of hydrogen-bond donors (Lipinski definition) is 4. The maximum Gasteiger partial charge on any atom is 0.423 e. The molecule has 3 aromatic rings. The molecule has 208 valence electrons. The first-order valence-electron chi connectivity index (χ1n) is 12.0. The molecule has 4 amide bonds. The van der Waals surface area contributed by atoms with E-state index in [9.17, 15) is 36.6 Å². The second kappa shape index (κ2) is 8.70. The van der Waals surface area contributed by atoms with Gasteiger partial charge in [-0.1, -0.05) is 11.6 Å². The van der Waals surface area contributed by atoms with E-state index in [-0.39, 0.29) is 34.2 Å². The highest BCUT2D eigenvalue weighted by Gasteiger charge is 2.61. The van der Waals surface area contributed by atoms with Crippen molar-refractivity contribution in [1.82, 2.24) is 5.32 Å². The van der Waals surface area contributed by atoms with E-state index in [1.807, 2.05) is 0 Å². The SMILES string of the molecule is Nc1cc(NC(=O)N2CC(O)(C(F)(F)F)c3cc(F)ccc32)c2c3c1CCN3C(=O)NC2c1cc(F)ccc1Cl. The Kier molecular flexibility index (Phi) is 5.68. The minimum absolute atomic E-state index is 0.0181. The molecular formula is C26H19ClF5N5O3. The van der Waals surface area contributed by atoms with Gasteiger partial charge in [0.1, 0.15) is 11.6 Å². The number of β-amino-alcohol motifs (C(OH)–C–C–N with tert-alkyl or cyclic N) is 1. The van der Waals surface area contributed by atoms with Crippen LogP contribution in [0.25, 0.3) is 0 Å². The van der Waals surface area contributed by atoms with Gasteiger partial charge in [-0.05, 0) is 48.9 Å². The average Bonchev–Trinajstić information content (AvgIpc) is 3.46. The molecule has 0 saturated heterocycles. The van der Waals surface area contributed by atoms with Crippen LogP contribution in [0.1, 0.15) is 28.3 Å². The van der Waals surface area contributed by atoms with Crippen molar-refractivity contribution in [2.75, 3.05) is 33.9 Å². The van der Waals surface area contributed by atoms with Crippen molar-refractivity contribution in [3.63, 3.8) is 0 Å². The molecule has 0 fully saturated rings. The molecule has 0 radical (unpaired) electrons. The van der Waals surface area contributed by atoms with Gasteiger partial charge in [0.05, 0.1) is 29.6 Å². The highest BCUT2D eigenvalue weighted by molar-refractivity contribution is 6.31. The quantitative estimate of drug-likeness (QED) is 0.248. The Morgan fingerprint density at radius 3 is 2.58 bits per heavy atom. The van der Waals surface area contributed by atoms with Crippen molar-refractivity contribution >= 4 is 46.4 Å². The monoisotopic (exact) mass is 579 g/mol. The highest BCUT2D eigenvalue weighted by Crippen LogP contribution is 2.51. The van der Waals surface area contributed by atoms with E-state index in [4.69, 9.17) is 17.3 Å². The summed E-state index contributed by atoms with van der Waals surface area (Å²) in [6.45, 7) is -0.970. The Hall–Kier alpha value is -4.10. The first kappa shape index (κ1) is 26.1. The predicted octanol–water partition coefficient (Wildman–Crippen LogP) is 5.18. The molecule has 0 spiro atoms. The molecule has 0 aliphatic carbocycles. The molecule has 0 aromatic heterocycles. The molecule has 2 unspecified atom stereocenters. The smallest absolute Gasteiger partial charge is 0.398 e. The first-order chi connectivity index (χ1) is 18.8. The Morgan fingerprint density at radius 2 is 1.85 bits per heavy atom. The fourth-order valence-electron chi connectivity index (χ4n) is 5.58. The van der Waals surface area contributed by atoms with E-state index in [0.29, 0.717) is 34.2 Å². The number of aliphatic hydroxyl groups is 1. The van der Waals surface area contributed by atoms with Gasteiger partial charge in [0, 0.05) is 39.5 Å². The number of urea groups is 2. The summed E-state index contributed by atoms with van der Waals surface area (Å²) in [5.74, 6) is -1.66. The zero-order valence-corrected chi connectivity index (χ0v) is 21.0. The molecule has 3 aromatic carbocycles. The largest absolute Gasteiger partial charge is 0.423 e. The molecule has 3 heterocycles. The van der Waals surface area contributed by atoms with Crippen molar-refractivity contribution in [3.05, 3.63) is 81.4 Å². The zero-order chi connectivity index (χ0) is 28.7. The van der Waals surface area contributed by atoms with Gasteiger partial charge >= 0.3 is 18.2 Å². The van der Waals surface area contributed by atoms with Crippen LogP contribution < -0.4 is 26.2 Å². The number of halogens is 6. The fraction of sp³-hybridized carbons (Fsp3) is 0.231. The van der Waals surface area contributed by atoms with E-state index >= 15 is 0 Å². The normalized spacial score (nSPS) is 21.3. The summed E-state index contributed by atoms with van der Waals surface area (Å²) in [6, 6.07) is 4.67. The van der Waals surface area contributed by atoms with Crippen molar-refractivity contribution in [3.8, 4) is 0 Å². The van der Waals surface area contributed by atoms with Crippen LogP contribution in [0.2, 0.25) is 5.02 Å². The Morgan fingerprint density at radius 1 is 1.15 bits per heavy atom. The number of hydrogen-bond acceptors (Lipinski definition) is 4. The second-order valence-electron chi connectivity index (χ2n) is 9.74. The topological polar surface area (TPSA) is 111 Å². The second-order valence-corrected chi connectivity index (χ2v) is 10.1. The number of fused-ring (bicyclic) bond motifs is 1. The molecule has 0 saturated carbocycles. The van der Waals surface area contributed by atoms with Gasteiger partial charge < -0.3 is 21.5 Å². The summed E-state index contributed by atoms with van der Waals surface area (Å²) in [4.78, 5) is 28.5. The van der Waals surface area contributed by atoms with E-state index in [1.165, 1.54) is 17.0 Å². The molecule has 3 aliphatic rings. The summed E-state index contributed by atoms with van der Waals surface area (Å²) < 4.78 is 69.8.